The molecule has 5 nitrogen and oxygen atoms in total. The molecule has 1 saturated carbocycles. The lowest BCUT2D eigenvalue weighted by Crippen LogP contribution is -2.32. The Morgan fingerprint density at radius 3 is 2.33 bits per heavy atom. The lowest BCUT2D eigenvalue weighted by molar-refractivity contribution is -0.133. The monoisotopic (exact) mass is 253 g/mol. The Labute approximate surface area is 106 Å². The minimum absolute atomic E-state index is 0.0950. The predicted molar refractivity (Wildman–Crippen MR) is 64.8 cm³/mol. The molecule has 5 heteroatoms. The van der Waals surface area contributed by atoms with E-state index in [0.717, 1.165) is 12.8 Å². The van der Waals surface area contributed by atoms with Crippen molar-refractivity contribution in [3.8, 4) is 0 Å². The number of nitrogens with zero attached hydrogens (tertiary/aromatic N) is 1. The molecule has 0 aromatic carbocycles. The number of hydrogen-bond acceptors (Lipinski definition) is 3. The van der Waals surface area contributed by atoms with Crippen molar-refractivity contribution in [1.29, 1.82) is 0 Å². The van der Waals surface area contributed by atoms with E-state index in [1.54, 1.807) is 11.8 Å². The molecule has 1 aliphatic heterocycles. The average molecular weight is 253 g/mol. The number of carbonyl (C=O) groups excluding carboxylic acids is 1. The largest absolute Gasteiger partial charge is 0.478 e. The minimum atomic E-state index is -1.06. The number of carbonyl (C=O) groups is 2. The Morgan fingerprint density at radius 2 is 1.78 bits per heavy atom. The molecule has 0 bridgehead atoms. The molecule has 2 fully saturated rings. The third-order valence-corrected chi connectivity index (χ3v) is 4.31. The molecule has 3 atom stereocenters. The minimum Gasteiger partial charge on any atom is -0.478 e. The first kappa shape index (κ1) is 13.1. The Balaban J connectivity index is 2.09. The molecule has 0 spiro atoms. The number of amides is 1. The van der Waals surface area contributed by atoms with Crippen LogP contribution < -0.4 is 0 Å². The summed E-state index contributed by atoms with van der Waals surface area (Å²) in [5, 5.41) is 18.7. The van der Waals surface area contributed by atoms with E-state index in [0.29, 0.717) is 19.0 Å². The number of fused-ring (bicyclic) bond motifs is 1. The number of carboxylic acid groups (broad SMARTS) is 1. The van der Waals surface area contributed by atoms with Crippen LogP contribution >= 0.6 is 0 Å². The van der Waals surface area contributed by atoms with Crippen LogP contribution in [0.25, 0.3) is 0 Å². The normalized spacial score (nSPS) is 32.2. The molecule has 2 N–H and O–H groups in total. The summed E-state index contributed by atoms with van der Waals surface area (Å²) in [4.78, 5) is 24.7. The molecule has 0 aromatic heterocycles. The third-order valence-electron chi connectivity index (χ3n) is 4.31. The Kier molecular flexibility index (Phi) is 3.43. The smallest absolute Gasteiger partial charge is 0.331 e. The second-order valence-corrected chi connectivity index (χ2v) is 5.33. The van der Waals surface area contributed by atoms with Crippen LogP contribution in [-0.2, 0) is 9.59 Å². The van der Waals surface area contributed by atoms with Crippen LogP contribution in [0.1, 0.15) is 26.7 Å². The second-order valence-electron chi connectivity index (χ2n) is 5.33. The van der Waals surface area contributed by atoms with Crippen molar-refractivity contribution in [2.24, 2.45) is 11.8 Å². The van der Waals surface area contributed by atoms with E-state index in [1.165, 1.54) is 6.92 Å². The van der Waals surface area contributed by atoms with E-state index in [1.807, 2.05) is 0 Å². The predicted octanol–water partition coefficient (Wildman–Crippen LogP) is 0.637. The van der Waals surface area contributed by atoms with Crippen LogP contribution in [0.15, 0.2) is 11.1 Å². The topological polar surface area (TPSA) is 77.8 Å². The Morgan fingerprint density at radius 1 is 1.11 bits per heavy atom. The number of rotatable bonds is 2. The molecule has 2 aliphatic rings. The van der Waals surface area contributed by atoms with Crippen molar-refractivity contribution in [3.05, 3.63) is 11.1 Å². The average Bonchev–Trinajstić information content (AvgIpc) is 2.89. The maximum atomic E-state index is 12.2. The zero-order chi connectivity index (χ0) is 13.4. The quantitative estimate of drug-likeness (QED) is 0.708. The Bertz CT molecular complexity index is 415. The molecule has 0 aromatic rings. The molecule has 1 amide bonds. The lowest BCUT2D eigenvalue weighted by Gasteiger charge is -2.19. The van der Waals surface area contributed by atoms with E-state index in [2.05, 4.69) is 0 Å². The summed E-state index contributed by atoms with van der Waals surface area (Å²) >= 11 is 0. The van der Waals surface area contributed by atoms with Crippen molar-refractivity contribution >= 4 is 11.9 Å². The van der Waals surface area contributed by atoms with Gasteiger partial charge in [-0.05, 0) is 32.6 Å². The number of carboxylic acids is 1. The molecule has 0 radical (unpaired) electrons. The number of aliphatic hydroxyl groups is 1. The van der Waals surface area contributed by atoms with E-state index in [9.17, 15) is 14.7 Å². The van der Waals surface area contributed by atoms with Gasteiger partial charge in [-0.1, -0.05) is 0 Å². The van der Waals surface area contributed by atoms with E-state index in [4.69, 9.17) is 5.11 Å². The highest BCUT2D eigenvalue weighted by Crippen LogP contribution is 2.38. The van der Waals surface area contributed by atoms with Gasteiger partial charge in [-0.15, -0.1) is 0 Å². The summed E-state index contributed by atoms with van der Waals surface area (Å²) in [7, 11) is 0. The summed E-state index contributed by atoms with van der Waals surface area (Å²) in [5.74, 6) is -0.717. The number of hydrogen-bond donors (Lipinski definition) is 2. The van der Waals surface area contributed by atoms with Gasteiger partial charge in [0, 0.05) is 30.2 Å². The van der Waals surface area contributed by atoms with Crippen molar-refractivity contribution < 1.29 is 19.8 Å². The highest BCUT2D eigenvalue weighted by atomic mass is 16.4. The molecule has 100 valence electrons. The molecule has 1 saturated heterocycles. The van der Waals surface area contributed by atoms with Gasteiger partial charge in [-0.25, -0.2) is 4.79 Å². The first-order chi connectivity index (χ1) is 8.41. The highest BCUT2D eigenvalue weighted by molar-refractivity contribution is 6.01. The van der Waals surface area contributed by atoms with Gasteiger partial charge in [0.15, 0.2) is 0 Å². The SMILES string of the molecule is CC(C(=O)O)=C(C)C(=O)N1CC2CCC(O)C2C1. The van der Waals surface area contributed by atoms with Crippen LogP contribution in [0.2, 0.25) is 0 Å². The van der Waals surface area contributed by atoms with Crippen LogP contribution in [0.5, 0.6) is 0 Å². The van der Waals surface area contributed by atoms with E-state index < -0.39 is 5.97 Å². The maximum Gasteiger partial charge on any atom is 0.331 e. The Hall–Kier alpha value is -1.36. The van der Waals surface area contributed by atoms with Crippen LogP contribution in [0.4, 0.5) is 0 Å². The van der Waals surface area contributed by atoms with Crippen molar-refractivity contribution in [3.63, 3.8) is 0 Å². The van der Waals surface area contributed by atoms with E-state index in [-0.39, 0.29) is 29.1 Å². The standard InChI is InChI=1S/C13H19NO4/c1-7(8(2)13(17)18)12(16)14-5-9-3-4-11(15)10(9)6-14/h9-11,15H,3-6H2,1-2H3,(H,17,18). The fraction of sp³-hybridized carbons (Fsp3) is 0.692. The first-order valence-electron chi connectivity index (χ1n) is 6.30. The van der Waals surface area contributed by atoms with Gasteiger partial charge >= 0.3 is 5.97 Å². The van der Waals surface area contributed by atoms with E-state index >= 15 is 0 Å². The van der Waals surface area contributed by atoms with Gasteiger partial charge in [-0.2, -0.15) is 0 Å². The van der Waals surface area contributed by atoms with Gasteiger partial charge in [-0.3, -0.25) is 4.79 Å². The number of likely N-dealkylation sites (tertiary alicyclic amines) is 1. The van der Waals surface area contributed by atoms with Gasteiger partial charge in [0.2, 0.25) is 5.91 Å². The fourth-order valence-electron chi connectivity index (χ4n) is 2.96. The summed E-state index contributed by atoms with van der Waals surface area (Å²) in [6.45, 7) is 4.19. The van der Waals surface area contributed by atoms with Crippen LogP contribution in [0, 0.1) is 11.8 Å². The molecular weight excluding hydrogens is 234 g/mol. The van der Waals surface area contributed by atoms with Gasteiger partial charge in [0.05, 0.1) is 6.10 Å². The maximum absolute atomic E-state index is 12.2. The molecule has 18 heavy (non-hydrogen) atoms. The second kappa shape index (κ2) is 4.72. The number of aliphatic hydroxyl groups excluding tert-OH is 1. The lowest BCUT2D eigenvalue weighted by atomic mass is 10.00. The molecule has 1 aliphatic carbocycles. The fourth-order valence-corrected chi connectivity index (χ4v) is 2.96. The third kappa shape index (κ3) is 2.14. The van der Waals surface area contributed by atoms with Crippen molar-refractivity contribution in [2.45, 2.75) is 32.8 Å². The summed E-state index contributed by atoms with van der Waals surface area (Å²) in [5.41, 5.74) is 0.384. The summed E-state index contributed by atoms with van der Waals surface area (Å²) in [6.07, 6.45) is 1.47. The van der Waals surface area contributed by atoms with Gasteiger partial charge in [0.25, 0.3) is 0 Å². The van der Waals surface area contributed by atoms with Crippen molar-refractivity contribution in [1.82, 2.24) is 4.90 Å². The molecular formula is C13H19NO4. The molecule has 1 heterocycles. The zero-order valence-corrected chi connectivity index (χ0v) is 10.7. The van der Waals surface area contributed by atoms with Crippen molar-refractivity contribution in [2.75, 3.05) is 13.1 Å². The van der Waals surface area contributed by atoms with Gasteiger partial charge in [0.1, 0.15) is 0 Å². The van der Waals surface area contributed by atoms with Gasteiger partial charge < -0.3 is 15.1 Å². The summed E-state index contributed by atoms with van der Waals surface area (Å²) in [6, 6.07) is 0. The van der Waals surface area contributed by atoms with Crippen LogP contribution in [0.3, 0.4) is 0 Å². The first-order valence-corrected chi connectivity index (χ1v) is 6.30. The van der Waals surface area contributed by atoms with Crippen LogP contribution in [-0.4, -0.2) is 46.2 Å². The number of aliphatic carboxylic acids is 1. The molecule has 3 unspecified atom stereocenters. The molecule has 2 rings (SSSR count). The highest BCUT2D eigenvalue weighted by Gasteiger charge is 2.43. The summed E-state index contributed by atoms with van der Waals surface area (Å²) < 4.78 is 0. The zero-order valence-electron chi connectivity index (χ0n) is 10.7.